The summed E-state index contributed by atoms with van der Waals surface area (Å²) in [6.07, 6.45) is 6.11. The molecule has 2 N–H and O–H groups in total. The molecule has 5 aromatic rings. The number of amides is 1. The maximum Gasteiger partial charge on any atom is 0.334 e. The van der Waals surface area contributed by atoms with Gasteiger partial charge in [-0.3, -0.25) is 9.79 Å². The van der Waals surface area contributed by atoms with E-state index in [2.05, 4.69) is 53.4 Å². The van der Waals surface area contributed by atoms with Gasteiger partial charge in [0.25, 0.3) is 5.91 Å². The van der Waals surface area contributed by atoms with Gasteiger partial charge in [0.05, 0.1) is 41.7 Å². The number of benzene rings is 3. The fourth-order valence-electron chi connectivity index (χ4n) is 6.35. The average molecular weight is 705 g/mol. The Hall–Kier alpha value is -5.34. The molecule has 3 aliphatic rings. The van der Waals surface area contributed by atoms with Crippen molar-refractivity contribution in [3.63, 3.8) is 0 Å². The monoisotopic (exact) mass is 704 g/mol. The molecule has 3 aromatic carbocycles. The van der Waals surface area contributed by atoms with Crippen molar-refractivity contribution in [1.82, 2.24) is 30.0 Å². The number of amidine groups is 1. The first-order valence-corrected chi connectivity index (χ1v) is 17.8. The molecule has 3 aliphatic heterocycles. The Morgan fingerprint density at radius 3 is 2.76 bits per heavy atom. The van der Waals surface area contributed by atoms with Gasteiger partial charge in [0.1, 0.15) is 12.1 Å². The summed E-state index contributed by atoms with van der Waals surface area (Å²) in [4.78, 5) is 45.0. The Balaban J connectivity index is 0.917. The number of nitrogens with zero attached hydrogens (tertiary/aromatic N) is 7. The van der Waals surface area contributed by atoms with Crippen molar-refractivity contribution in [1.29, 1.82) is 0 Å². The number of carboxylic acid groups (broad SMARTS) is 1. The molecule has 8 rings (SSSR count). The third kappa shape index (κ3) is 6.16. The summed E-state index contributed by atoms with van der Waals surface area (Å²) in [5, 5.41) is 19.2. The Bertz CT molecular complexity index is 2180. The van der Waals surface area contributed by atoms with E-state index in [-0.39, 0.29) is 23.5 Å². The van der Waals surface area contributed by atoms with Gasteiger partial charge in [-0.05, 0) is 60.0 Å². The number of nitrogens with one attached hydrogen (secondary N) is 1. The summed E-state index contributed by atoms with van der Waals surface area (Å²) in [5.74, 6) is -0.434. The molecule has 1 amide bonds. The van der Waals surface area contributed by atoms with Crippen LogP contribution >= 0.6 is 23.5 Å². The van der Waals surface area contributed by atoms with E-state index in [0.29, 0.717) is 36.5 Å². The fourth-order valence-corrected chi connectivity index (χ4v) is 8.61. The maximum absolute atomic E-state index is 13.7. The van der Waals surface area contributed by atoms with Crippen molar-refractivity contribution in [3.8, 4) is 11.4 Å². The van der Waals surface area contributed by atoms with Gasteiger partial charge < -0.3 is 25.0 Å². The highest BCUT2D eigenvalue weighted by Crippen LogP contribution is 2.41. The molecule has 0 saturated heterocycles. The number of aromatic nitrogens is 4. The van der Waals surface area contributed by atoms with Crippen LogP contribution in [0.1, 0.15) is 27.9 Å². The molecule has 0 bridgehead atoms. The largest absolute Gasteiger partial charge is 0.493 e. The van der Waals surface area contributed by atoms with E-state index in [1.54, 1.807) is 28.8 Å². The summed E-state index contributed by atoms with van der Waals surface area (Å²) in [6.45, 7) is 1.61. The van der Waals surface area contributed by atoms with Crippen LogP contribution < -0.4 is 15.0 Å². The van der Waals surface area contributed by atoms with E-state index in [0.717, 1.165) is 55.8 Å². The molecule has 5 heterocycles. The number of carbonyl (C=O) groups excluding carboxylic acids is 1. The summed E-state index contributed by atoms with van der Waals surface area (Å²) < 4.78 is 7.79. The van der Waals surface area contributed by atoms with Crippen molar-refractivity contribution in [2.24, 2.45) is 4.99 Å². The Labute approximate surface area is 296 Å². The molecular weight excluding hydrogens is 673 g/mol. The van der Waals surface area contributed by atoms with E-state index in [1.807, 2.05) is 55.6 Å². The standard InChI is InChI=1S/C36H32N8O4S2/c1-42-29-7-2-3-8-31(29)50-36(42)41-33(45)26-6-4-5-22-13-15-43(20-28(22)26)35-38-19-27(34(46)47)30(49-35)14-16-48-25-11-9-24(10-12-25)44-32-23(18-40-44)17-37-21-39-32/h2-12,17-18,21,36H,13-16,19-20H2,1H3,(H,41,45)(H,46,47). The number of hydrogen-bond donors (Lipinski definition) is 2. The Kier molecular flexibility index (Phi) is 8.63. The molecule has 0 spiro atoms. The van der Waals surface area contributed by atoms with Gasteiger partial charge in [0.15, 0.2) is 16.3 Å². The second-order valence-corrected chi connectivity index (χ2v) is 14.2. The Morgan fingerprint density at radius 2 is 1.92 bits per heavy atom. The molecule has 0 aliphatic carbocycles. The van der Waals surface area contributed by atoms with E-state index in [1.165, 1.54) is 18.1 Å². The number of carboxylic acids is 1. The predicted molar refractivity (Wildman–Crippen MR) is 194 cm³/mol. The van der Waals surface area contributed by atoms with Gasteiger partial charge in [-0.2, -0.15) is 5.10 Å². The lowest BCUT2D eigenvalue weighted by Gasteiger charge is -2.34. The lowest BCUT2D eigenvalue weighted by Crippen LogP contribution is -2.43. The minimum Gasteiger partial charge on any atom is -0.493 e. The van der Waals surface area contributed by atoms with Crippen LogP contribution in [0.4, 0.5) is 5.69 Å². The highest BCUT2D eigenvalue weighted by atomic mass is 32.2. The molecule has 1 unspecified atom stereocenters. The highest BCUT2D eigenvalue weighted by molar-refractivity contribution is 8.17. The zero-order chi connectivity index (χ0) is 34.2. The minimum atomic E-state index is -0.977. The number of aliphatic imine (C=N–C) groups is 1. The number of hydrogen-bond acceptors (Lipinski definition) is 11. The summed E-state index contributed by atoms with van der Waals surface area (Å²) in [7, 11) is 1.99. The molecule has 0 saturated carbocycles. The zero-order valence-electron chi connectivity index (χ0n) is 27.0. The third-order valence-electron chi connectivity index (χ3n) is 8.97. The second kappa shape index (κ2) is 13.5. The van der Waals surface area contributed by atoms with Crippen LogP contribution in [-0.4, -0.2) is 79.0 Å². The highest BCUT2D eigenvalue weighted by Gasteiger charge is 2.32. The van der Waals surface area contributed by atoms with Crippen LogP contribution in [0, 0.1) is 0 Å². The first-order chi connectivity index (χ1) is 24.4. The lowest BCUT2D eigenvalue weighted by atomic mass is 9.94. The summed E-state index contributed by atoms with van der Waals surface area (Å²) in [6, 6.07) is 21.6. The van der Waals surface area contributed by atoms with Crippen LogP contribution in [-0.2, 0) is 17.8 Å². The molecule has 0 fully saturated rings. The SMILES string of the molecule is CN1c2ccccc2SC1NC(=O)c1cccc2c1CN(C1=NCC(C(=O)O)=C(CCOc3ccc(-n4ncc5cncnc54)cc3)S1)CC2. The molecule has 252 valence electrons. The molecule has 50 heavy (non-hydrogen) atoms. The number of ether oxygens (including phenoxy) is 1. The van der Waals surface area contributed by atoms with E-state index in [9.17, 15) is 14.7 Å². The first-order valence-electron chi connectivity index (χ1n) is 16.1. The van der Waals surface area contributed by atoms with Gasteiger partial charge in [0.2, 0.25) is 0 Å². The van der Waals surface area contributed by atoms with Gasteiger partial charge in [-0.25, -0.2) is 19.4 Å². The average Bonchev–Trinajstić information content (AvgIpc) is 3.72. The van der Waals surface area contributed by atoms with Gasteiger partial charge in [0, 0.05) is 48.1 Å². The first kappa shape index (κ1) is 31.9. The number of fused-ring (bicyclic) bond motifs is 3. The van der Waals surface area contributed by atoms with Crippen molar-refractivity contribution >= 4 is 57.3 Å². The van der Waals surface area contributed by atoms with Crippen LogP contribution in [0.25, 0.3) is 16.7 Å². The van der Waals surface area contributed by atoms with Crippen molar-refractivity contribution in [3.05, 3.63) is 113 Å². The molecule has 2 aromatic heterocycles. The Morgan fingerprint density at radius 1 is 1.06 bits per heavy atom. The fraction of sp³-hybridized carbons (Fsp3) is 0.222. The number of aliphatic carboxylic acids is 1. The number of carbonyl (C=O) groups is 2. The third-order valence-corrected chi connectivity index (χ3v) is 11.5. The number of anilines is 1. The molecule has 1 atom stereocenters. The van der Waals surface area contributed by atoms with Crippen LogP contribution in [0.2, 0.25) is 0 Å². The lowest BCUT2D eigenvalue weighted by molar-refractivity contribution is -0.132. The van der Waals surface area contributed by atoms with Crippen LogP contribution in [0.5, 0.6) is 5.75 Å². The number of thioether (sulfide) groups is 2. The van der Waals surface area contributed by atoms with Gasteiger partial charge in [-0.1, -0.05) is 47.8 Å². The molecule has 12 nitrogen and oxygen atoms in total. The normalized spacial score (nSPS) is 17.0. The van der Waals surface area contributed by atoms with E-state index in [4.69, 9.17) is 4.74 Å². The van der Waals surface area contributed by atoms with Crippen LogP contribution in [0.15, 0.2) is 106 Å². The second-order valence-electron chi connectivity index (χ2n) is 12.0. The summed E-state index contributed by atoms with van der Waals surface area (Å²) in [5.41, 5.74) is 5.48. The maximum atomic E-state index is 13.7. The van der Waals surface area contributed by atoms with Gasteiger partial charge in [-0.15, -0.1) is 0 Å². The van der Waals surface area contributed by atoms with Crippen molar-refractivity contribution < 1.29 is 19.4 Å². The van der Waals surface area contributed by atoms with Crippen LogP contribution in [0.3, 0.4) is 0 Å². The van der Waals surface area contributed by atoms with Crippen molar-refractivity contribution in [2.75, 3.05) is 31.6 Å². The zero-order valence-corrected chi connectivity index (χ0v) is 28.7. The summed E-state index contributed by atoms with van der Waals surface area (Å²) >= 11 is 3.01. The number of para-hydroxylation sites is 1. The van der Waals surface area contributed by atoms with Gasteiger partial charge >= 0.3 is 5.97 Å². The minimum absolute atomic E-state index is 0.0837. The predicted octanol–water partition coefficient (Wildman–Crippen LogP) is 5.34. The van der Waals surface area contributed by atoms with E-state index < -0.39 is 5.97 Å². The van der Waals surface area contributed by atoms with E-state index >= 15 is 0 Å². The smallest absolute Gasteiger partial charge is 0.334 e. The topological polar surface area (TPSA) is 138 Å². The molecule has 14 heteroatoms. The number of rotatable bonds is 8. The van der Waals surface area contributed by atoms with Crippen molar-refractivity contribution in [2.45, 2.75) is 29.8 Å². The molecular formula is C36H32N8O4S2. The quantitative estimate of drug-likeness (QED) is 0.217. The molecule has 0 radical (unpaired) electrons.